The van der Waals surface area contributed by atoms with E-state index in [4.69, 9.17) is 16.2 Å². The number of ether oxygens (including phenoxy) is 1. The number of hydrogen-bond donors (Lipinski definition) is 3. The van der Waals surface area contributed by atoms with Gasteiger partial charge in [0.2, 0.25) is 5.88 Å². The van der Waals surface area contributed by atoms with Crippen molar-refractivity contribution >= 4 is 5.69 Å². The quantitative estimate of drug-likeness (QED) is 0.718. The van der Waals surface area contributed by atoms with Crippen LogP contribution in [0.2, 0.25) is 0 Å². The van der Waals surface area contributed by atoms with Crippen LogP contribution in [0.3, 0.4) is 0 Å². The van der Waals surface area contributed by atoms with E-state index in [0.717, 1.165) is 5.56 Å². The van der Waals surface area contributed by atoms with Crippen molar-refractivity contribution in [1.29, 1.82) is 0 Å². The molecule has 17 heavy (non-hydrogen) atoms. The third kappa shape index (κ3) is 2.43. The van der Waals surface area contributed by atoms with Crippen LogP contribution in [0.25, 0.3) is 0 Å². The number of nitrogens with zero attached hydrogens (tertiary/aromatic N) is 1. The zero-order valence-electron chi connectivity index (χ0n) is 9.01. The molecule has 0 saturated carbocycles. The zero-order valence-corrected chi connectivity index (χ0v) is 9.01. The Morgan fingerprint density at radius 3 is 3.00 bits per heavy atom. The van der Waals surface area contributed by atoms with E-state index in [-0.39, 0.29) is 11.6 Å². The first-order valence-electron chi connectivity index (χ1n) is 5.00. The predicted molar refractivity (Wildman–Crippen MR) is 63.7 cm³/mol. The molecule has 1 aromatic carbocycles. The summed E-state index contributed by atoms with van der Waals surface area (Å²) in [6.45, 7) is 0.412. The lowest BCUT2D eigenvalue weighted by molar-refractivity contribution is 0.463. The molecule has 6 heteroatoms. The molecule has 0 saturated heterocycles. The number of H-pyrrole nitrogens is 1. The SMILES string of the molecule is NCc1cccc(Oc2nc[nH]c(=O)c2N)c1. The summed E-state index contributed by atoms with van der Waals surface area (Å²) in [6.07, 6.45) is 1.24. The molecular weight excluding hydrogens is 220 g/mol. The molecule has 0 radical (unpaired) electrons. The molecule has 0 unspecified atom stereocenters. The van der Waals surface area contributed by atoms with Gasteiger partial charge in [-0.15, -0.1) is 0 Å². The number of nitrogens with two attached hydrogens (primary N) is 2. The molecule has 1 aromatic heterocycles. The normalized spacial score (nSPS) is 10.2. The maximum atomic E-state index is 11.2. The van der Waals surface area contributed by atoms with Crippen LogP contribution in [0.1, 0.15) is 5.56 Å². The van der Waals surface area contributed by atoms with Crippen LogP contribution in [0.15, 0.2) is 35.4 Å². The van der Waals surface area contributed by atoms with Gasteiger partial charge in [0, 0.05) is 6.54 Å². The number of aromatic nitrogens is 2. The summed E-state index contributed by atoms with van der Waals surface area (Å²) in [5, 5.41) is 0. The molecule has 1 heterocycles. The average Bonchev–Trinajstić information content (AvgIpc) is 2.35. The Morgan fingerprint density at radius 2 is 2.24 bits per heavy atom. The summed E-state index contributed by atoms with van der Waals surface area (Å²) in [5.74, 6) is 0.626. The van der Waals surface area contributed by atoms with Crippen LogP contribution in [-0.4, -0.2) is 9.97 Å². The topological polar surface area (TPSA) is 107 Å². The van der Waals surface area contributed by atoms with Crippen LogP contribution in [0, 0.1) is 0 Å². The fourth-order valence-electron chi connectivity index (χ4n) is 1.32. The standard InChI is InChI=1S/C11H12N4O2/c12-5-7-2-1-3-8(4-7)17-11-9(13)10(16)14-6-15-11/h1-4,6H,5,12-13H2,(H,14,15,16). The summed E-state index contributed by atoms with van der Waals surface area (Å²) in [7, 11) is 0. The third-order valence-electron chi connectivity index (χ3n) is 2.20. The van der Waals surface area contributed by atoms with Crippen molar-refractivity contribution in [2.24, 2.45) is 5.73 Å². The molecular formula is C11H12N4O2. The molecule has 0 atom stereocenters. The zero-order chi connectivity index (χ0) is 12.3. The summed E-state index contributed by atoms with van der Waals surface area (Å²) < 4.78 is 5.42. The molecule has 88 valence electrons. The summed E-state index contributed by atoms with van der Waals surface area (Å²) in [4.78, 5) is 17.4. The Labute approximate surface area is 97.2 Å². The Kier molecular flexibility index (Phi) is 3.06. The van der Waals surface area contributed by atoms with Gasteiger partial charge >= 0.3 is 0 Å². The lowest BCUT2D eigenvalue weighted by Crippen LogP contribution is -2.13. The van der Waals surface area contributed by atoms with Gasteiger partial charge in [0.25, 0.3) is 5.56 Å². The Morgan fingerprint density at radius 1 is 1.41 bits per heavy atom. The lowest BCUT2D eigenvalue weighted by atomic mass is 10.2. The van der Waals surface area contributed by atoms with E-state index >= 15 is 0 Å². The van der Waals surface area contributed by atoms with Gasteiger partial charge in [-0.3, -0.25) is 4.79 Å². The molecule has 0 spiro atoms. The number of nitrogen functional groups attached to an aromatic ring is 1. The van der Waals surface area contributed by atoms with Crippen molar-refractivity contribution in [3.63, 3.8) is 0 Å². The van der Waals surface area contributed by atoms with Crippen molar-refractivity contribution in [2.45, 2.75) is 6.54 Å². The molecule has 0 aliphatic rings. The Balaban J connectivity index is 2.31. The largest absolute Gasteiger partial charge is 0.437 e. The monoisotopic (exact) mass is 232 g/mol. The van der Waals surface area contributed by atoms with Crippen LogP contribution in [0.4, 0.5) is 5.69 Å². The first kappa shape index (κ1) is 11.2. The smallest absolute Gasteiger partial charge is 0.277 e. The minimum Gasteiger partial charge on any atom is -0.437 e. The van der Waals surface area contributed by atoms with E-state index in [2.05, 4.69) is 9.97 Å². The van der Waals surface area contributed by atoms with Crippen molar-refractivity contribution in [2.75, 3.05) is 5.73 Å². The van der Waals surface area contributed by atoms with Crippen molar-refractivity contribution in [3.8, 4) is 11.6 Å². The minimum atomic E-state index is -0.426. The number of benzene rings is 1. The highest BCUT2D eigenvalue weighted by molar-refractivity contribution is 5.47. The number of anilines is 1. The second-order valence-electron chi connectivity index (χ2n) is 3.40. The molecule has 6 nitrogen and oxygen atoms in total. The second kappa shape index (κ2) is 4.67. The van der Waals surface area contributed by atoms with Gasteiger partial charge in [0.1, 0.15) is 5.75 Å². The summed E-state index contributed by atoms with van der Waals surface area (Å²) in [6, 6.07) is 7.19. The Bertz CT molecular complexity index is 580. The fraction of sp³-hybridized carbons (Fsp3) is 0.0909. The fourth-order valence-corrected chi connectivity index (χ4v) is 1.32. The van der Waals surface area contributed by atoms with Gasteiger partial charge in [-0.25, -0.2) is 4.98 Å². The molecule has 2 aromatic rings. The molecule has 0 fully saturated rings. The van der Waals surface area contributed by atoms with Crippen molar-refractivity contribution < 1.29 is 4.74 Å². The molecule has 2 rings (SSSR count). The molecule has 5 N–H and O–H groups in total. The molecule has 0 aliphatic carbocycles. The number of nitrogens with one attached hydrogen (secondary N) is 1. The maximum absolute atomic E-state index is 11.2. The first-order chi connectivity index (χ1) is 8.20. The minimum absolute atomic E-state index is 0.0503. The van der Waals surface area contributed by atoms with Crippen LogP contribution in [-0.2, 0) is 6.54 Å². The molecule has 0 amide bonds. The number of aromatic amines is 1. The van der Waals surface area contributed by atoms with E-state index in [1.807, 2.05) is 6.07 Å². The van der Waals surface area contributed by atoms with Gasteiger partial charge in [0.15, 0.2) is 5.69 Å². The van der Waals surface area contributed by atoms with Crippen LogP contribution in [0.5, 0.6) is 11.6 Å². The highest BCUT2D eigenvalue weighted by Crippen LogP contribution is 2.22. The van der Waals surface area contributed by atoms with E-state index in [0.29, 0.717) is 12.3 Å². The highest BCUT2D eigenvalue weighted by Gasteiger charge is 2.07. The molecule has 0 bridgehead atoms. The summed E-state index contributed by atoms with van der Waals surface area (Å²) >= 11 is 0. The average molecular weight is 232 g/mol. The predicted octanol–water partition coefficient (Wildman–Crippen LogP) is 0.603. The van der Waals surface area contributed by atoms with Gasteiger partial charge in [0.05, 0.1) is 6.33 Å². The summed E-state index contributed by atoms with van der Waals surface area (Å²) in [5.41, 5.74) is 11.5. The van der Waals surface area contributed by atoms with E-state index < -0.39 is 5.56 Å². The van der Waals surface area contributed by atoms with Crippen LogP contribution < -0.4 is 21.8 Å². The van der Waals surface area contributed by atoms with Gasteiger partial charge in [-0.1, -0.05) is 12.1 Å². The first-order valence-corrected chi connectivity index (χ1v) is 5.00. The van der Waals surface area contributed by atoms with Gasteiger partial charge in [-0.05, 0) is 17.7 Å². The number of rotatable bonds is 3. The van der Waals surface area contributed by atoms with Gasteiger partial charge < -0.3 is 21.2 Å². The van der Waals surface area contributed by atoms with Crippen LogP contribution >= 0.6 is 0 Å². The second-order valence-corrected chi connectivity index (χ2v) is 3.40. The van der Waals surface area contributed by atoms with E-state index in [1.165, 1.54) is 6.33 Å². The van der Waals surface area contributed by atoms with Gasteiger partial charge in [-0.2, -0.15) is 0 Å². The van der Waals surface area contributed by atoms with Crippen molar-refractivity contribution in [3.05, 3.63) is 46.5 Å². The number of hydrogen-bond acceptors (Lipinski definition) is 5. The van der Waals surface area contributed by atoms with Crippen molar-refractivity contribution in [1.82, 2.24) is 9.97 Å². The third-order valence-corrected chi connectivity index (χ3v) is 2.20. The van der Waals surface area contributed by atoms with E-state index in [9.17, 15) is 4.79 Å². The maximum Gasteiger partial charge on any atom is 0.277 e. The van der Waals surface area contributed by atoms with E-state index in [1.54, 1.807) is 18.2 Å². The highest BCUT2D eigenvalue weighted by atomic mass is 16.5. The molecule has 0 aliphatic heterocycles. The lowest BCUT2D eigenvalue weighted by Gasteiger charge is -2.07. The Hall–Kier alpha value is -2.34.